The minimum atomic E-state index is -4.81. The van der Waals surface area contributed by atoms with E-state index in [1.807, 2.05) is 31.2 Å². The van der Waals surface area contributed by atoms with Crippen LogP contribution in [0.2, 0.25) is 0 Å². The standard InChI is InChI=1S/C28H39F3N2O5/c1-4-6-8-9-10-11-17-36-23-14-12-22(13-15-23)26-32-18-24(19-33-26)37-20-25(28(29,30)31)38-27(34)21(3)35-16-7-5-2/h12-15,18-19,21,25H,4-11,16-17,20H2,1-3H3. The van der Waals surface area contributed by atoms with E-state index in [-0.39, 0.29) is 12.4 Å². The van der Waals surface area contributed by atoms with Crippen LogP contribution in [0.15, 0.2) is 36.7 Å². The van der Waals surface area contributed by atoms with E-state index in [0.29, 0.717) is 18.9 Å². The van der Waals surface area contributed by atoms with Crippen molar-refractivity contribution in [1.29, 1.82) is 0 Å². The fraction of sp³-hybridized carbons (Fsp3) is 0.607. The van der Waals surface area contributed by atoms with Gasteiger partial charge in [-0.2, -0.15) is 13.2 Å². The maximum atomic E-state index is 13.4. The number of hydrogen-bond acceptors (Lipinski definition) is 7. The monoisotopic (exact) mass is 540 g/mol. The van der Waals surface area contributed by atoms with Gasteiger partial charge in [0, 0.05) is 12.2 Å². The molecule has 212 valence electrons. The highest BCUT2D eigenvalue weighted by atomic mass is 19.4. The van der Waals surface area contributed by atoms with Gasteiger partial charge >= 0.3 is 12.1 Å². The van der Waals surface area contributed by atoms with Gasteiger partial charge in [0.05, 0.1) is 19.0 Å². The molecule has 1 aromatic heterocycles. The van der Waals surface area contributed by atoms with E-state index in [4.69, 9.17) is 14.2 Å². The first-order valence-electron chi connectivity index (χ1n) is 13.3. The van der Waals surface area contributed by atoms with Crippen LogP contribution >= 0.6 is 0 Å². The first-order valence-corrected chi connectivity index (χ1v) is 13.3. The van der Waals surface area contributed by atoms with Gasteiger partial charge in [-0.3, -0.25) is 0 Å². The lowest BCUT2D eigenvalue weighted by molar-refractivity contribution is -0.231. The van der Waals surface area contributed by atoms with Crippen LogP contribution in [0.4, 0.5) is 13.2 Å². The number of halogens is 3. The molecular formula is C28H39F3N2O5. The van der Waals surface area contributed by atoms with E-state index < -0.39 is 31.0 Å². The first kappa shape index (κ1) is 31.3. The molecule has 0 bridgehead atoms. The lowest BCUT2D eigenvalue weighted by atomic mass is 10.1. The summed E-state index contributed by atoms with van der Waals surface area (Å²) in [6.45, 7) is 5.48. The van der Waals surface area contributed by atoms with Crippen LogP contribution in [0.5, 0.6) is 11.5 Å². The summed E-state index contributed by atoms with van der Waals surface area (Å²) in [5.41, 5.74) is 0.725. The van der Waals surface area contributed by atoms with Gasteiger partial charge in [-0.05, 0) is 44.0 Å². The fourth-order valence-electron chi connectivity index (χ4n) is 3.39. The van der Waals surface area contributed by atoms with E-state index in [1.165, 1.54) is 45.0 Å². The SMILES string of the molecule is CCCCCCCCOc1ccc(-c2ncc(OCC(OC(=O)C(C)OCCCC)C(F)(F)F)cn2)cc1. The summed E-state index contributed by atoms with van der Waals surface area (Å²) in [4.78, 5) is 20.4. The molecule has 38 heavy (non-hydrogen) atoms. The van der Waals surface area contributed by atoms with Crippen molar-refractivity contribution in [2.45, 2.75) is 90.5 Å². The second kappa shape index (κ2) is 16.9. The molecule has 2 unspecified atom stereocenters. The van der Waals surface area contributed by atoms with Crippen LogP contribution < -0.4 is 9.47 Å². The Hall–Kier alpha value is -2.88. The van der Waals surface area contributed by atoms with Gasteiger partial charge in [0.2, 0.25) is 6.10 Å². The largest absolute Gasteiger partial charge is 0.494 e. The lowest BCUT2D eigenvalue weighted by Gasteiger charge is -2.22. The smallest absolute Gasteiger partial charge is 0.428 e. The summed E-state index contributed by atoms with van der Waals surface area (Å²) in [6, 6.07) is 7.29. The molecule has 0 saturated carbocycles. The van der Waals surface area contributed by atoms with Crippen molar-refractivity contribution >= 4 is 5.97 Å². The molecule has 2 atom stereocenters. The Bertz CT molecular complexity index is 924. The van der Waals surface area contributed by atoms with Gasteiger partial charge < -0.3 is 18.9 Å². The number of unbranched alkanes of at least 4 members (excludes halogenated alkanes) is 6. The van der Waals surface area contributed by atoms with Gasteiger partial charge in [0.1, 0.15) is 12.4 Å². The molecule has 1 aromatic carbocycles. The van der Waals surface area contributed by atoms with Crippen LogP contribution in [0, 0.1) is 0 Å². The van der Waals surface area contributed by atoms with Crippen LogP contribution in [0.1, 0.15) is 72.1 Å². The highest BCUT2D eigenvalue weighted by Crippen LogP contribution is 2.25. The molecule has 0 aliphatic heterocycles. The molecule has 0 aliphatic carbocycles. The first-order chi connectivity index (χ1) is 18.2. The molecule has 1 heterocycles. The molecule has 0 N–H and O–H groups in total. The predicted octanol–water partition coefficient (Wildman–Crippen LogP) is 6.94. The summed E-state index contributed by atoms with van der Waals surface area (Å²) in [6.07, 6.45) is 2.86. The summed E-state index contributed by atoms with van der Waals surface area (Å²) in [7, 11) is 0. The van der Waals surface area contributed by atoms with E-state index in [0.717, 1.165) is 30.6 Å². The molecule has 7 nitrogen and oxygen atoms in total. The van der Waals surface area contributed by atoms with Crippen LogP contribution in [0.3, 0.4) is 0 Å². The molecule has 0 aliphatic rings. The number of aromatic nitrogens is 2. The summed E-state index contributed by atoms with van der Waals surface area (Å²) in [5, 5.41) is 0. The number of hydrogen-bond donors (Lipinski definition) is 0. The average Bonchev–Trinajstić information content (AvgIpc) is 2.90. The van der Waals surface area contributed by atoms with Crippen molar-refractivity contribution < 1.29 is 36.9 Å². The fourth-order valence-corrected chi connectivity index (χ4v) is 3.39. The Morgan fingerprint density at radius 3 is 2.11 bits per heavy atom. The number of esters is 1. The number of carbonyl (C=O) groups excluding carboxylic acids is 1. The van der Waals surface area contributed by atoms with Crippen molar-refractivity contribution in [1.82, 2.24) is 9.97 Å². The molecule has 0 radical (unpaired) electrons. The van der Waals surface area contributed by atoms with Gasteiger partial charge in [-0.25, -0.2) is 14.8 Å². The maximum absolute atomic E-state index is 13.4. The minimum Gasteiger partial charge on any atom is -0.494 e. The van der Waals surface area contributed by atoms with Crippen molar-refractivity contribution in [2.75, 3.05) is 19.8 Å². The normalized spacial score (nSPS) is 13.1. The molecule has 0 amide bonds. The minimum absolute atomic E-state index is 0.0187. The Balaban J connectivity index is 1.84. The Kier molecular flexibility index (Phi) is 13.9. The third-order valence-electron chi connectivity index (χ3n) is 5.73. The Morgan fingerprint density at radius 2 is 1.47 bits per heavy atom. The van der Waals surface area contributed by atoms with E-state index in [9.17, 15) is 18.0 Å². The highest BCUT2D eigenvalue weighted by molar-refractivity contribution is 5.74. The molecule has 10 heteroatoms. The van der Waals surface area contributed by atoms with E-state index in [1.54, 1.807) is 0 Å². The van der Waals surface area contributed by atoms with Gasteiger partial charge in [0.15, 0.2) is 17.7 Å². The quantitative estimate of drug-likeness (QED) is 0.150. The zero-order valence-electron chi connectivity index (χ0n) is 22.5. The third-order valence-corrected chi connectivity index (χ3v) is 5.73. The van der Waals surface area contributed by atoms with E-state index >= 15 is 0 Å². The van der Waals surface area contributed by atoms with Crippen molar-refractivity contribution in [3.63, 3.8) is 0 Å². The highest BCUT2D eigenvalue weighted by Gasteiger charge is 2.44. The number of alkyl halides is 3. The molecular weight excluding hydrogens is 501 g/mol. The summed E-state index contributed by atoms with van der Waals surface area (Å²) < 4.78 is 61.0. The number of carbonyl (C=O) groups is 1. The Labute approximate surface area is 223 Å². The zero-order chi connectivity index (χ0) is 27.8. The van der Waals surface area contributed by atoms with Crippen LogP contribution in [-0.2, 0) is 14.3 Å². The number of rotatable bonds is 18. The molecule has 2 rings (SSSR count). The number of nitrogens with zero attached hydrogens (tertiary/aromatic N) is 2. The molecule has 2 aromatic rings. The van der Waals surface area contributed by atoms with Crippen LogP contribution in [-0.4, -0.2) is 54.1 Å². The van der Waals surface area contributed by atoms with Gasteiger partial charge in [-0.1, -0.05) is 52.4 Å². The van der Waals surface area contributed by atoms with Crippen LogP contribution in [0.25, 0.3) is 11.4 Å². The average molecular weight is 541 g/mol. The zero-order valence-corrected chi connectivity index (χ0v) is 22.5. The molecule has 0 fully saturated rings. The van der Waals surface area contributed by atoms with Crippen molar-refractivity contribution in [3.05, 3.63) is 36.7 Å². The summed E-state index contributed by atoms with van der Waals surface area (Å²) >= 11 is 0. The third kappa shape index (κ3) is 11.7. The summed E-state index contributed by atoms with van der Waals surface area (Å²) in [5.74, 6) is 0.0555. The van der Waals surface area contributed by atoms with Crippen molar-refractivity contribution in [3.8, 4) is 22.9 Å². The second-order valence-corrected chi connectivity index (χ2v) is 9.03. The van der Waals surface area contributed by atoms with Crippen molar-refractivity contribution in [2.24, 2.45) is 0 Å². The lowest BCUT2D eigenvalue weighted by Crippen LogP contribution is -2.41. The predicted molar refractivity (Wildman–Crippen MR) is 138 cm³/mol. The van der Waals surface area contributed by atoms with Gasteiger partial charge in [0.25, 0.3) is 0 Å². The topological polar surface area (TPSA) is 79.8 Å². The Morgan fingerprint density at radius 1 is 0.842 bits per heavy atom. The van der Waals surface area contributed by atoms with E-state index in [2.05, 4.69) is 21.6 Å². The molecule has 0 spiro atoms. The molecule has 0 saturated heterocycles. The number of benzene rings is 1. The maximum Gasteiger partial charge on any atom is 0.428 e. The van der Waals surface area contributed by atoms with Gasteiger partial charge in [-0.15, -0.1) is 0 Å². The number of ether oxygens (including phenoxy) is 4. The second-order valence-electron chi connectivity index (χ2n) is 9.03.